The van der Waals surface area contributed by atoms with Crippen LogP contribution in [-0.4, -0.2) is 57.5 Å². The first-order valence-electron chi connectivity index (χ1n) is 8.36. The molecule has 1 aliphatic rings. The largest absolute Gasteiger partial charge is 0.488 e. The van der Waals surface area contributed by atoms with E-state index in [1.54, 1.807) is 38.7 Å². The van der Waals surface area contributed by atoms with E-state index in [9.17, 15) is 21.9 Å². The molecule has 0 unspecified atom stereocenters. The Balaban J connectivity index is 2.19. The van der Waals surface area contributed by atoms with Gasteiger partial charge in [0.15, 0.2) is 5.75 Å². The third-order valence-electron chi connectivity index (χ3n) is 3.95. The van der Waals surface area contributed by atoms with Crippen molar-refractivity contribution in [3.05, 3.63) is 23.3 Å². The topological polar surface area (TPSA) is 93.2 Å². The predicted octanol–water partition coefficient (Wildman–Crippen LogP) is 2.46. The Kier molecular flexibility index (Phi) is 5.98. The number of carbonyl (C=O) groups is 2. The van der Waals surface area contributed by atoms with Crippen LogP contribution in [-0.2, 0) is 15.2 Å². The Morgan fingerprint density at radius 3 is 2.26 bits per heavy atom. The number of nitrogens with zero attached hydrogens (tertiary/aromatic N) is 2. The first-order valence-corrected chi connectivity index (χ1v) is 9.67. The van der Waals surface area contributed by atoms with Crippen molar-refractivity contribution in [2.24, 2.45) is 0 Å². The van der Waals surface area contributed by atoms with Crippen LogP contribution in [0.5, 0.6) is 5.75 Å². The highest BCUT2D eigenvalue weighted by molar-refractivity contribution is 7.81. The van der Waals surface area contributed by atoms with Crippen LogP contribution in [0.4, 0.5) is 14.4 Å². The summed E-state index contributed by atoms with van der Waals surface area (Å²) in [4.78, 5) is 26.8. The van der Waals surface area contributed by atoms with Crippen molar-refractivity contribution in [2.45, 2.75) is 33.3 Å². The number of hydrogen-bond acceptors (Lipinski definition) is 7. The summed E-state index contributed by atoms with van der Waals surface area (Å²) in [5.74, 6) is -0.244. The number of aldehydes is 1. The molecular weight excluding hydrogens is 379 g/mol. The minimum absolute atomic E-state index is 0.156. The number of halogens is 1. The Bertz CT molecular complexity index is 827. The lowest BCUT2D eigenvalue weighted by Crippen LogP contribution is -2.50. The molecule has 0 radical (unpaired) electrons. The number of ether oxygens (including phenoxy) is 1. The van der Waals surface area contributed by atoms with Crippen LogP contribution in [0.25, 0.3) is 0 Å². The lowest BCUT2D eigenvalue weighted by atomic mass is 10.1. The van der Waals surface area contributed by atoms with Gasteiger partial charge in [-0.2, -0.15) is 8.42 Å². The van der Waals surface area contributed by atoms with Gasteiger partial charge in [0.2, 0.25) is 0 Å². The summed E-state index contributed by atoms with van der Waals surface area (Å²) in [5.41, 5.74) is 0.492. The minimum atomic E-state index is -5.21. The van der Waals surface area contributed by atoms with Crippen LogP contribution in [0.15, 0.2) is 12.1 Å². The van der Waals surface area contributed by atoms with E-state index in [1.165, 1.54) is 6.07 Å². The molecule has 1 amide bonds. The lowest BCUT2D eigenvalue weighted by Gasteiger charge is -2.37. The molecule has 27 heavy (non-hydrogen) atoms. The molecular formula is C17H23FN2O6S. The summed E-state index contributed by atoms with van der Waals surface area (Å²) >= 11 is 0. The van der Waals surface area contributed by atoms with Gasteiger partial charge in [0.05, 0.1) is 0 Å². The molecule has 8 nitrogen and oxygen atoms in total. The van der Waals surface area contributed by atoms with E-state index < -0.39 is 22.2 Å². The highest BCUT2D eigenvalue weighted by atomic mass is 32.3. The maximum Gasteiger partial charge on any atom is 0.488 e. The quantitative estimate of drug-likeness (QED) is 0.564. The summed E-state index contributed by atoms with van der Waals surface area (Å²) < 4.78 is 44.3. The molecule has 1 aliphatic heterocycles. The van der Waals surface area contributed by atoms with Gasteiger partial charge >= 0.3 is 16.6 Å². The Labute approximate surface area is 158 Å². The van der Waals surface area contributed by atoms with Crippen molar-refractivity contribution in [1.82, 2.24) is 4.90 Å². The first kappa shape index (κ1) is 20.9. The second-order valence-corrected chi connectivity index (χ2v) is 8.16. The fraction of sp³-hybridized carbons (Fsp3) is 0.529. The summed E-state index contributed by atoms with van der Waals surface area (Å²) in [7, 11) is -5.21. The predicted molar refractivity (Wildman–Crippen MR) is 97.2 cm³/mol. The zero-order valence-electron chi connectivity index (χ0n) is 15.7. The number of piperazine rings is 1. The standard InChI is InChI=1S/C17H23FN2O6S/c1-12-14(9-13(11-21)10-15(12)26-27(18,23)24)19-5-7-20(8-6-19)16(22)25-17(2,3)4/h9-11H,5-8H2,1-4H3. The average molecular weight is 402 g/mol. The van der Waals surface area contributed by atoms with Crippen molar-refractivity contribution in [3.8, 4) is 5.75 Å². The van der Waals surface area contributed by atoms with Crippen molar-refractivity contribution in [3.63, 3.8) is 0 Å². The maximum absolute atomic E-state index is 12.9. The molecule has 2 rings (SSSR count). The molecule has 0 spiro atoms. The van der Waals surface area contributed by atoms with Crippen LogP contribution in [0.2, 0.25) is 0 Å². The van der Waals surface area contributed by atoms with E-state index in [4.69, 9.17) is 4.74 Å². The molecule has 1 saturated heterocycles. The highest BCUT2D eigenvalue weighted by Gasteiger charge is 2.27. The van der Waals surface area contributed by atoms with Crippen LogP contribution < -0.4 is 9.08 Å². The van der Waals surface area contributed by atoms with Crippen molar-refractivity contribution >= 4 is 28.6 Å². The van der Waals surface area contributed by atoms with E-state index in [2.05, 4.69) is 4.18 Å². The molecule has 0 atom stereocenters. The van der Waals surface area contributed by atoms with Gasteiger partial charge in [0.25, 0.3) is 0 Å². The van der Waals surface area contributed by atoms with E-state index in [1.807, 2.05) is 4.90 Å². The first-order chi connectivity index (χ1) is 12.4. The van der Waals surface area contributed by atoms with Crippen LogP contribution in [0.3, 0.4) is 0 Å². The fourth-order valence-electron chi connectivity index (χ4n) is 2.74. The van der Waals surface area contributed by atoms with Gasteiger partial charge in [-0.3, -0.25) is 4.79 Å². The summed E-state index contributed by atoms with van der Waals surface area (Å²) in [6.07, 6.45) is 0.116. The number of hydrogen-bond donors (Lipinski definition) is 0. The minimum Gasteiger partial charge on any atom is -0.444 e. The van der Waals surface area contributed by atoms with Gasteiger partial charge in [-0.25, -0.2) is 4.79 Å². The molecule has 0 N–H and O–H groups in total. The highest BCUT2D eigenvalue weighted by Crippen LogP contribution is 2.32. The maximum atomic E-state index is 12.9. The second kappa shape index (κ2) is 7.71. The molecule has 1 aromatic carbocycles. The lowest BCUT2D eigenvalue weighted by molar-refractivity contribution is 0.0240. The van der Waals surface area contributed by atoms with Crippen LogP contribution >= 0.6 is 0 Å². The van der Waals surface area contributed by atoms with E-state index in [0.717, 1.165) is 0 Å². The molecule has 0 aromatic heterocycles. The number of rotatable bonds is 4. The SMILES string of the molecule is Cc1c(OS(=O)(=O)F)cc(C=O)cc1N1CCN(C(=O)OC(C)(C)C)CC1. The van der Waals surface area contributed by atoms with Gasteiger partial charge in [-0.1, -0.05) is 3.89 Å². The van der Waals surface area contributed by atoms with Crippen molar-refractivity contribution in [2.75, 3.05) is 31.1 Å². The smallest absolute Gasteiger partial charge is 0.444 e. The number of benzene rings is 1. The van der Waals surface area contributed by atoms with Gasteiger partial charge in [-0.05, 0) is 39.8 Å². The van der Waals surface area contributed by atoms with Crippen LogP contribution in [0, 0.1) is 6.92 Å². The van der Waals surface area contributed by atoms with Gasteiger partial charge < -0.3 is 18.7 Å². The molecule has 150 valence electrons. The van der Waals surface area contributed by atoms with Gasteiger partial charge in [0.1, 0.15) is 11.9 Å². The third-order valence-corrected chi connectivity index (χ3v) is 4.33. The Hall–Kier alpha value is -2.36. The average Bonchev–Trinajstić information content (AvgIpc) is 2.54. The van der Waals surface area contributed by atoms with Gasteiger partial charge in [0, 0.05) is 43.0 Å². The zero-order chi connectivity index (χ0) is 20.4. The Morgan fingerprint density at radius 2 is 1.78 bits per heavy atom. The number of anilines is 1. The van der Waals surface area contributed by atoms with E-state index in [-0.39, 0.29) is 11.3 Å². The monoisotopic (exact) mass is 402 g/mol. The van der Waals surface area contributed by atoms with E-state index in [0.29, 0.717) is 43.7 Å². The zero-order valence-corrected chi connectivity index (χ0v) is 16.5. The molecule has 10 heteroatoms. The van der Waals surface area contributed by atoms with E-state index >= 15 is 0 Å². The summed E-state index contributed by atoms with van der Waals surface area (Å²) in [5, 5.41) is 0. The van der Waals surface area contributed by atoms with Crippen LogP contribution in [0.1, 0.15) is 36.7 Å². The molecule has 0 aliphatic carbocycles. The molecule has 0 saturated carbocycles. The molecule has 1 aromatic rings. The molecule has 1 fully saturated rings. The number of carbonyl (C=O) groups excluding carboxylic acids is 2. The third kappa shape index (κ3) is 5.81. The summed E-state index contributed by atoms with van der Waals surface area (Å²) in [6, 6.07) is 2.74. The molecule has 1 heterocycles. The van der Waals surface area contributed by atoms with Crippen molar-refractivity contribution < 1.29 is 30.8 Å². The molecule has 0 bridgehead atoms. The van der Waals surface area contributed by atoms with Crippen molar-refractivity contribution in [1.29, 1.82) is 0 Å². The van der Waals surface area contributed by atoms with Gasteiger partial charge in [-0.15, -0.1) is 0 Å². The normalized spacial score (nSPS) is 15.4. The summed E-state index contributed by atoms with van der Waals surface area (Å²) in [6.45, 7) is 8.58. The Morgan fingerprint density at radius 1 is 1.19 bits per heavy atom. The second-order valence-electron chi connectivity index (χ2n) is 7.21. The fourth-order valence-corrected chi connectivity index (χ4v) is 3.13. The number of amides is 1.